The minimum absolute atomic E-state index is 0.116. The Kier molecular flexibility index (Phi) is 5.36. The molecule has 1 aliphatic heterocycles. The number of benzene rings is 1. The topological polar surface area (TPSA) is 58.6 Å². The number of halogens is 1. The van der Waals surface area contributed by atoms with Crippen molar-refractivity contribution in [2.45, 2.75) is 38.6 Å². The van der Waals surface area contributed by atoms with E-state index in [0.29, 0.717) is 43.7 Å². The summed E-state index contributed by atoms with van der Waals surface area (Å²) in [5.74, 6) is -0.666. The monoisotopic (exact) mass is 322 g/mol. The summed E-state index contributed by atoms with van der Waals surface area (Å²) in [5.41, 5.74) is 0.273. The second kappa shape index (κ2) is 7.08. The molecule has 2 rings (SSSR count). The normalized spacial score (nSPS) is 20.9. The fourth-order valence-corrected chi connectivity index (χ4v) is 2.94. The molecular formula is C17H23FN2O3. The van der Waals surface area contributed by atoms with Crippen molar-refractivity contribution in [1.82, 2.24) is 5.32 Å². The zero-order valence-electron chi connectivity index (χ0n) is 13.8. The van der Waals surface area contributed by atoms with Crippen molar-refractivity contribution in [3.05, 3.63) is 29.6 Å². The number of ether oxygens (including phenoxy) is 1. The van der Waals surface area contributed by atoms with Gasteiger partial charge in [-0.2, -0.15) is 0 Å². The van der Waals surface area contributed by atoms with Crippen LogP contribution in [0, 0.1) is 12.7 Å². The number of hydrogen-bond donors (Lipinski definition) is 1. The maximum Gasteiger partial charge on any atom is 0.246 e. The number of hydrogen-bond acceptors (Lipinski definition) is 3. The fourth-order valence-electron chi connectivity index (χ4n) is 2.94. The first-order valence-corrected chi connectivity index (χ1v) is 7.76. The molecule has 0 aliphatic carbocycles. The minimum Gasteiger partial charge on any atom is -0.385 e. The highest BCUT2D eigenvalue weighted by Crippen LogP contribution is 2.37. The highest BCUT2D eigenvalue weighted by molar-refractivity contribution is 6.06. The lowest BCUT2D eigenvalue weighted by molar-refractivity contribution is -0.127. The zero-order valence-corrected chi connectivity index (χ0v) is 13.8. The molecule has 1 heterocycles. The SMILES string of the molecule is COCCCNC(=O)[C@@]1(C)CCC(=O)N1c1ccc(F)cc1C. The molecule has 0 aromatic heterocycles. The van der Waals surface area contributed by atoms with Crippen molar-refractivity contribution >= 4 is 17.5 Å². The van der Waals surface area contributed by atoms with Crippen molar-refractivity contribution in [2.75, 3.05) is 25.2 Å². The van der Waals surface area contributed by atoms with Crippen LogP contribution in [0.3, 0.4) is 0 Å². The van der Waals surface area contributed by atoms with Crippen LogP contribution in [-0.2, 0) is 14.3 Å². The van der Waals surface area contributed by atoms with Crippen molar-refractivity contribution in [3.8, 4) is 0 Å². The second-order valence-corrected chi connectivity index (χ2v) is 6.04. The van der Waals surface area contributed by atoms with Gasteiger partial charge in [0.2, 0.25) is 11.8 Å². The first kappa shape index (κ1) is 17.4. The van der Waals surface area contributed by atoms with Gasteiger partial charge >= 0.3 is 0 Å². The third-order valence-electron chi connectivity index (χ3n) is 4.27. The summed E-state index contributed by atoms with van der Waals surface area (Å²) in [7, 11) is 1.61. The first-order valence-electron chi connectivity index (χ1n) is 7.76. The Bertz CT molecular complexity index is 606. The smallest absolute Gasteiger partial charge is 0.246 e. The van der Waals surface area contributed by atoms with Crippen LogP contribution in [0.25, 0.3) is 0 Å². The molecule has 6 heteroatoms. The average Bonchev–Trinajstić information content (AvgIpc) is 2.81. The quantitative estimate of drug-likeness (QED) is 0.817. The Morgan fingerprint density at radius 3 is 2.87 bits per heavy atom. The van der Waals surface area contributed by atoms with E-state index < -0.39 is 5.54 Å². The predicted molar refractivity (Wildman–Crippen MR) is 85.8 cm³/mol. The van der Waals surface area contributed by atoms with Gasteiger partial charge in [-0.15, -0.1) is 0 Å². The van der Waals surface area contributed by atoms with Gasteiger partial charge < -0.3 is 10.1 Å². The number of amides is 2. The molecule has 1 aromatic carbocycles. The lowest BCUT2D eigenvalue weighted by Crippen LogP contribution is -2.55. The molecule has 0 bridgehead atoms. The zero-order chi connectivity index (χ0) is 17.0. The highest BCUT2D eigenvalue weighted by Gasteiger charge is 2.48. The minimum atomic E-state index is -0.952. The number of carbonyl (C=O) groups excluding carboxylic acids is 2. The Balaban J connectivity index is 2.22. The van der Waals surface area contributed by atoms with Crippen LogP contribution < -0.4 is 10.2 Å². The largest absolute Gasteiger partial charge is 0.385 e. The van der Waals surface area contributed by atoms with Crippen LogP contribution in [0.1, 0.15) is 31.7 Å². The van der Waals surface area contributed by atoms with Crippen LogP contribution in [0.15, 0.2) is 18.2 Å². The molecule has 1 saturated heterocycles. The lowest BCUT2D eigenvalue weighted by Gasteiger charge is -2.34. The van der Waals surface area contributed by atoms with Gasteiger partial charge in [0.05, 0.1) is 0 Å². The molecule has 5 nitrogen and oxygen atoms in total. The van der Waals surface area contributed by atoms with Gasteiger partial charge in [-0.3, -0.25) is 14.5 Å². The Labute approximate surface area is 135 Å². The van der Waals surface area contributed by atoms with Gasteiger partial charge in [0, 0.05) is 32.4 Å². The van der Waals surface area contributed by atoms with E-state index in [9.17, 15) is 14.0 Å². The maximum atomic E-state index is 13.3. The number of carbonyl (C=O) groups is 2. The summed E-state index contributed by atoms with van der Waals surface area (Å²) in [6.07, 6.45) is 1.46. The first-order chi connectivity index (χ1) is 10.9. The molecule has 0 saturated carbocycles. The van der Waals surface area contributed by atoms with Crippen LogP contribution in [0.5, 0.6) is 0 Å². The molecule has 126 valence electrons. The van der Waals surface area contributed by atoms with Gasteiger partial charge in [0.1, 0.15) is 11.4 Å². The average molecular weight is 322 g/mol. The van der Waals surface area contributed by atoms with Crippen molar-refractivity contribution in [2.24, 2.45) is 0 Å². The standard InChI is InChI=1S/C17H23FN2O3/c1-12-11-13(18)5-6-14(12)20-15(21)7-8-17(20,2)16(22)19-9-4-10-23-3/h5-6,11H,4,7-10H2,1-3H3,(H,19,22)/t17-/m1/s1. The van der Waals surface area contributed by atoms with Gasteiger partial charge in [-0.25, -0.2) is 4.39 Å². The van der Waals surface area contributed by atoms with Crippen molar-refractivity contribution < 1.29 is 18.7 Å². The summed E-state index contributed by atoms with van der Waals surface area (Å²) in [4.78, 5) is 26.5. The maximum absolute atomic E-state index is 13.3. The molecule has 23 heavy (non-hydrogen) atoms. The van der Waals surface area contributed by atoms with E-state index in [0.717, 1.165) is 0 Å². The van der Waals surface area contributed by atoms with Gasteiger partial charge in [-0.1, -0.05) is 0 Å². The van der Waals surface area contributed by atoms with E-state index in [-0.39, 0.29) is 17.6 Å². The van der Waals surface area contributed by atoms with E-state index in [4.69, 9.17) is 4.74 Å². The number of rotatable bonds is 6. The van der Waals surface area contributed by atoms with Crippen molar-refractivity contribution in [1.29, 1.82) is 0 Å². The number of aryl methyl sites for hydroxylation is 1. The molecule has 2 amide bonds. The fraction of sp³-hybridized carbons (Fsp3) is 0.529. The Hall–Kier alpha value is -1.95. The molecule has 1 aromatic rings. The number of nitrogens with zero attached hydrogens (tertiary/aromatic N) is 1. The highest BCUT2D eigenvalue weighted by atomic mass is 19.1. The van der Waals surface area contributed by atoms with Crippen LogP contribution in [0.4, 0.5) is 10.1 Å². The van der Waals surface area contributed by atoms with Gasteiger partial charge in [0.25, 0.3) is 0 Å². The Morgan fingerprint density at radius 2 is 2.22 bits per heavy atom. The third-order valence-corrected chi connectivity index (χ3v) is 4.27. The molecule has 0 spiro atoms. The van der Waals surface area contributed by atoms with E-state index in [1.165, 1.54) is 17.0 Å². The summed E-state index contributed by atoms with van der Waals surface area (Å²) in [5, 5.41) is 2.86. The second-order valence-electron chi connectivity index (χ2n) is 6.04. The van der Waals surface area contributed by atoms with Gasteiger partial charge in [-0.05, 0) is 50.5 Å². The Morgan fingerprint density at radius 1 is 1.48 bits per heavy atom. The molecular weight excluding hydrogens is 299 g/mol. The van der Waals surface area contributed by atoms with Crippen LogP contribution in [0.2, 0.25) is 0 Å². The number of nitrogens with one attached hydrogen (secondary N) is 1. The molecule has 1 atom stereocenters. The summed E-state index contributed by atoms with van der Waals surface area (Å²) in [6, 6.07) is 4.24. The summed E-state index contributed by atoms with van der Waals surface area (Å²) < 4.78 is 18.3. The van der Waals surface area contributed by atoms with E-state index in [1.54, 1.807) is 27.0 Å². The molecule has 1 fully saturated rings. The molecule has 0 unspecified atom stereocenters. The predicted octanol–water partition coefficient (Wildman–Crippen LogP) is 2.17. The van der Waals surface area contributed by atoms with Crippen LogP contribution in [-0.4, -0.2) is 37.6 Å². The molecule has 1 N–H and O–H groups in total. The third kappa shape index (κ3) is 3.52. The molecule has 1 aliphatic rings. The molecule has 0 radical (unpaired) electrons. The van der Waals surface area contributed by atoms with Gasteiger partial charge in [0.15, 0.2) is 0 Å². The van der Waals surface area contributed by atoms with E-state index in [1.807, 2.05) is 0 Å². The number of methoxy groups -OCH3 is 1. The number of anilines is 1. The summed E-state index contributed by atoms with van der Waals surface area (Å²) >= 11 is 0. The lowest BCUT2D eigenvalue weighted by atomic mass is 9.96. The van der Waals surface area contributed by atoms with Crippen molar-refractivity contribution in [3.63, 3.8) is 0 Å². The van der Waals surface area contributed by atoms with E-state index >= 15 is 0 Å². The van der Waals surface area contributed by atoms with E-state index in [2.05, 4.69) is 5.32 Å². The van der Waals surface area contributed by atoms with Crippen LogP contribution >= 0.6 is 0 Å². The summed E-state index contributed by atoms with van der Waals surface area (Å²) in [6.45, 7) is 4.55.